The standard InChI is InChI=1S/C25H19F3N2O2/c1-15-6-8-17(9-7-15)21-22(29-19-5-3-4-16(2)14-19)24(32)30(23(21)31)20-12-10-18(11-13-20)25(26,27)28/h3-14,29H,1-2H3. The van der Waals surface area contributed by atoms with Crippen molar-refractivity contribution in [2.24, 2.45) is 0 Å². The summed E-state index contributed by atoms with van der Waals surface area (Å²) in [6.07, 6.45) is -4.51. The van der Waals surface area contributed by atoms with Gasteiger partial charge in [-0.2, -0.15) is 13.2 Å². The molecule has 4 nitrogen and oxygen atoms in total. The Hall–Kier alpha value is -3.87. The molecule has 0 aliphatic carbocycles. The van der Waals surface area contributed by atoms with Crippen LogP contribution in [-0.4, -0.2) is 11.8 Å². The lowest BCUT2D eigenvalue weighted by atomic mass is 10.0. The molecule has 0 atom stereocenters. The van der Waals surface area contributed by atoms with Gasteiger partial charge in [-0.05, 0) is 61.4 Å². The van der Waals surface area contributed by atoms with Crippen LogP contribution in [0, 0.1) is 13.8 Å². The normalized spacial score (nSPS) is 14.3. The minimum absolute atomic E-state index is 0.0682. The van der Waals surface area contributed by atoms with Crippen molar-refractivity contribution in [3.63, 3.8) is 0 Å². The second-order valence-electron chi connectivity index (χ2n) is 7.60. The summed E-state index contributed by atoms with van der Waals surface area (Å²) in [4.78, 5) is 27.5. The molecular weight excluding hydrogens is 417 g/mol. The summed E-state index contributed by atoms with van der Waals surface area (Å²) in [5.41, 5.74) is 2.56. The van der Waals surface area contributed by atoms with E-state index in [1.165, 1.54) is 0 Å². The number of amides is 2. The number of benzene rings is 3. The number of aryl methyl sites for hydroxylation is 2. The zero-order chi connectivity index (χ0) is 23.0. The lowest BCUT2D eigenvalue weighted by molar-refractivity contribution is -0.137. The summed E-state index contributed by atoms with van der Waals surface area (Å²) in [6.45, 7) is 3.80. The Bertz CT molecular complexity index is 1230. The average molecular weight is 436 g/mol. The highest BCUT2D eigenvalue weighted by atomic mass is 19.4. The molecule has 1 aliphatic rings. The lowest BCUT2D eigenvalue weighted by Crippen LogP contribution is -2.32. The van der Waals surface area contributed by atoms with Gasteiger partial charge < -0.3 is 5.32 Å². The first-order valence-corrected chi connectivity index (χ1v) is 9.86. The molecule has 7 heteroatoms. The zero-order valence-electron chi connectivity index (χ0n) is 17.3. The molecular formula is C25H19F3N2O2. The van der Waals surface area contributed by atoms with Gasteiger partial charge in [-0.15, -0.1) is 0 Å². The summed E-state index contributed by atoms with van der Waals surface area (Å²) in [5.74, 6) is -1.24. The number of imide groups is 1. The van der Waals surface area contributed by atoms with Gasteiger partial charge in [0.25, 0.3) is 11.8 Å². The van der Waals surface area contributed by atoms with Gasteiger partial charge in [0, 0.05) is 5.69 Å². The van der Waals surface area contributed by atoms with Gasteiger partial charge in [-0.25, -0.2) is 4.90 Å². The number of halogens is 3. The smallest absolute Gasteiger partial charge is 0.350 e. The van der Waals surface area contributed by atoms with Crippen molar-refractivity contribution in [2.45, 2.75) is 20.0 Å². The van der Waals surface area contributed by atoms with Gasteiger partial charge in [0.2, 0.25) is 0 Å². The van der Waals surface area contributed by atoms with E-state index in [0.29, 0.717) is 11.3 Å². The molecule has 1 heterocycles. The largest absolute Gasteiger partial charge is 0.416 e. The van der Waals surface area contributed by atoms with Crippen LogP contribution in [-0.2, 0) is 15.8 Å². The van der Waals surface area contributed by atoms with Crippen LogP contribution in [0.4, 0.5) is 24.5 Å². The molecule has 0 radical (unpaired) electrons. The van der Waals surface area contributed by atoms with Crippen molar-refractivity contribution in [3.05, 3.63) is 101 Å². The highest BCUT2D eigenvalue weighted by Crippen LogP contribution is 2.36. The third-order valence-electron chi connectivity index (χ3n) is 5.16. The number of anilines is 2. The fraction of sp³-hybridized carbons (Fsp3) is 0.120. The zero-order valence-corrected chi connectivity index (χ0v) is 17.3. The molecule has 2 amide bonds. The quantitative estimate of drug-likeness (QED) is 0.533. The summed E-state index contributed by atoms with van der Waals surface area (Å²) in [6, 6.07) is 18.4. The number of carbonyl (C=O) groups is 2. The Kier molecular flexibility index (Phi) is 5.34. The molecule has 4 rings (SSSR count). The number of nitrogens with one attached hydrogen (secondary N) is 1. The predicted octanol–water partition coefficient (Wildman–Crippen LogP) is 5.72. The monoisotopic (exact) mass is 436 g/mol. The summed E-state index contributed by atoms with van der Waals surface area (Å²) < 4.78 is 38.8. The van der Waals surface area contributed by atoms with Crippen LogP contribution >= 0.6 is 0 Å². The maximum absolute atomic E-state index is 13.3. The Morgan fingerprint density at radius 2 is 1.44 bits per heavy atom. The number of carbonyl (C=O) groups excluding carboxylic acids is 2. The van der Waals surface area contributed by atoms with Crippen LogP contribution in [0.15, 0.2) is 78.5 Å². The summed E-state index contributed by atoms with van der Waals surface area (Å²) >= 11 is 0. The maximum atomic E-state index is 13.3. The van der Waals surface area contributed by atoms with Crippen molar-refractivity contribution < 1.29 is 22.8 Å². The van der Waals surface area contributed by atoms with E-state index in [-0.39, 0.29) is 17.0 Å². The molecule has 0 aromatic heterocycles. The third-order valence-corrected chi connectivity index (χ3v) is 5.16. The van der Waals surface area contributed by atoms with Crippen LogP contribution in [0.1, 0.15) is 22.3 Å². The van der Waals surface area contributed by atoms with Crippen LogP contribution in [0.3, 0.4) is 0 Å². The first-order chi connectivity index (χ1) is 15.1. The SMILES string of the molecule is Cc1ccc(C2=C(Nc3cccc(C)c3)C(=O)N(c3ccc(C(F)(F)F)cc3)C2=O)cc1. The van der Waals surface area contributed by atoms with Crippen molar-refractivity contribution in [3.8, 4) is 0 Å². The van der Waals surface area contributed by atoms with Gasteiger partial charge in [0.1, 0.15) is 5.70 Å². The number of rotatable bonds is 4. The molecule has 0 spiro atoms. The fourth-order valence-electron chi connectivity index (χ4n) is 3.53. The number of nitrogens with zero attached hydrogens (tertiary/aromatic N) is 1. The Labute approximate surface area is 183 Å². The highest BCUT2D eigenvalue weighted by molar-refractivity contribution is 6.46. The highest BCUT2D eigenvalue weighted by Gasteiger charge is 2.40. The molecule has 162 valence electrons. The van der Waals surface area contributed by atoms with Gasteiger partial charge in [0.05, 0.1) is 16.8 Å². The van der Waals surface area contributed by atoms with E-state index in [4.69, 9.17) is 0 Å². The number of hydrogen-bond acceptors (Lipinski definition) is 3. The molecule has 0 bridgehead atoms. The number of hydrogen-bond donors (Lipinski definition) is 1. The molecule has 32 heavy (non-hydrogen) atoms. The van der Waals surface area contributed by atoms with E-state index in [1.807, 2.05) is 44.2 Å². The van der Waals surface area contributed by atoms with E-state index in [1.54, 1.807) is 18.2 Å². The molecule has 3 aromatic rings. The Morgan fingerprint density at radius 1 is 0.781 bits per heavy atom. The predicted molar refractivity (Wildman–Crippen MR) is 117 cm³/mol. The van der Waals surface area contributed by atoms with Crippen LogP contribution in [0.2, 0.25) is 0 Å². The Balaban J connectivity index is 1.78. The minimum Gasteiger partial charge on any atom is -0.350 e. The van der Waals surface area contributed by atoms with Crippen LogP contribution in [0.5, 0.6) is 0 Å². The van der Waals surface area contributed by atoms with Crippen LogP contribution in [0.25, 0.3) is 5.57 Å². The van der Waals surface area contributed by atoms with Crippen molar-refractivity contribution >= 4 is 28.8 Å². The first-order valence-electron chi connectivity index (χ1n) is 9.86. The molecule has 1 aliphatic heterocycles. The topological polar surface area (TPSA) is 49.4 Å². The van der Waals surface area contributed by atoms with Crippen molar-refractivity contribution in [2.75, 3.05) is 10.2 Å². The summed E-state index contributed by atoms with van der Waals surface area (Å²) in [7, 11) is 0. The molecule has 0 saturated carbocycles. The number of alkyl halides is 3. The van der Waals surface area contributed by atoms with E-state index in [2.05, 4.69) is 5.32 Å². The minimum atomic E-state index is -4.51. The van der Waals surface area contributed by atoms with E-state index < -0.39 is 23.6 Å². The lowest BCUT2D eigenvalue weighted by Gasteiger charge is -2.16. The average Bonchev–Trinajstić information content (AvgIpc) is 2.98. The fourth-order valence-corrected chi connectivity index (χ4v) is 3.53. The second kappa shape index (κ2) is 8.00. The maximum Gasteiger partial charge on any atom is 0.416 e. The summed E-state index contributed by atoms with van der Waals surface area (Å²) in [5, 5.41) is 3.05. The van der Waals surface area contributed by atoms with E-state index in [0.717, 1.165) is 40.3 Å². The van der Waals surface area contributed by atoms with Gasteiger partial charge in [-0.3, -0.25) is 9.59 Å². The van der Waals surface area contributed by atoms with Crippen molar-refractivity contribution in [1.82, 2.24) is 0 Å². The molecule has 3 aromatic carbocycles. The van der Waals surface area contributed by atoms with E-state index in [9.17, 15) is 22.8 Å². The molecule has 0 saturated heterocycles. The van der Waals surface area contributed by atoms with Gasteiger partial charge in [0.15, 0.2) is 0 Å². The van der Waals surface area contributed by atoms with Gasteiger partial charge in [-0.1, -0.05) is 42.0 Å². The molecule has 0 fully saturated rings. The molecule has 1 N–H and O–H groups in total. The van der Waals surface area contributed by atoms with Gasteiger partial charge >= 0.3 is 6.18 Å². The van der Waals surface area contributed by atoms with E-state index >= 15 is 0 Å². The first kappa shape index (κ1) is 21.4. The second-order valence-corrected chi connectivity index (χ2v) is 7.60. The third kappa shape index (κ3) is 4.01. The van der Waals surface area contributed by atoms with Crippen LogP contribution < -0.4 is 10.2 Å². The van der Waals surface area contributed by atoms with Crippen molar-refractivity contribution in [1.29, 1.82) is 0 Å². The molecule has 0 unspecified atom stereocenters. The Morgan fingerprint density at radius 3 is 2.03 bits per heavy atom.